The maximum Gasteiger partial charge on any atom is 0.206 e. The molecule has 2 heterocycles. The fourth-order valence-electron chi connectivity index (χ4n) is 1.38. The Kier molecular flexibility index (Phi) is 3.49. The third-order valence-corrected chi connectivity index (χ3v) is 4.71. The Labute approximate surface area is 110 Å². The minimum atomic E-state index is 0.0732. The summed E-state index contributed by atoms with van der Waals surface area (Å²) in [6.45, 7) is 8.60. The lowest BCUT2D eigenvalue weighted by atomic mass is 9.98. The molecule has 0 spiro atoms. The van der Waals surface area contributed by atoms with Crippen LogP contribution in [0.5, 0.6) is 0 Å². The molecule has 0 aromatic carbocycles. The highest BCUT2D eigenvalue weighted by Gasteiger charge is 2.20. The van der Waals surface area contributed by atoms with Gasteiger partial charge in [0.2, 0.25) is 5.13 Å². The van der Waals surface area contributed by atoms with Crippen LogP contribution in [0.15, 0.2) is 17.5 Å². The molecule has 0 fully saturated rings. The summed E-state index contributed by atoms with van der Waals surface area (Å²) in [7, 11) is 0. The average molecular weight is 267 g/mol. The Morgan fingerprint density at radius 3 is 2.59 bits per heavy atom. The van der Waals surface area contributed by atoms with Crippen LogP contribution in [-0.4, -0.2) is 10.2 Å². The quantitative estimate of drug-likeness (QED) is 0.911. The van der Waals surface area contributed by atoms with Gasteiger partial charge in [-0.3, -0.25) is 0 Å². The van der Waals surface area contributed by atoms with E-state index in [1.165, 1.54) is 4.88 Å². The van der Waals surface area contributed by atoms with Crippen LogP contribution in [0.1, 0.15) is 43.6 Å². The lowest BCUT2D eigenvalue weighted by molar-refractivity contribution is 0.578. The Hall–Kier alpha value is -0.940. The highest BCUT2D eigenvalue weighted by molar-refractivity contribution is 7.15. The van der Waals surface area contributed by atoms with Crippen molar-refractivity contribution in [1.82, 2.24) is 10.2 Å². The van der Waals surface area contributed by atoms with Crippen LogP contribution in [-0.2, 0) is 5.41 Å². The summed E-state index contributed by atoms with van der Waals surface area (Å²) in [6, 6.07) is 4.49. The van der Waals surface area contributed by atoms with Crippen molar-refractivity contribution in [3.63, 3.8) is 0 Å². The second-order valence-electron chi connectivity index (χ2n) is 5.04. The van der Waals surface area contributed by atoms with E-state index in [9.17, 15) is 0 Å². The van der Waals surface area contributed by atoms with Crippen molar-refractivity contribution in [2.75, 3.05) is 5.32 Å². The van der Waals surface area contributed by atoms with Gasteiger partial charge in [0.15, 0.2) is 0 Å². The normalized spacial score (nSPS) is 13.6. The molecule has 0 aliphatic carbocycles. The van der Waals surface area contributed by atoms with Gasteiger partial charge in [0.1, 0.15) is 5.01 Å². The summed E-state index contributed by atoms with van der Waals surface area (Å²) in [5.74, 6) is 0. The van der Waals surface area contributed by atoms with Gasteiger partial charge in [-0.25, -0.2) is 0 Å². The van der Waals surface area contributed by atoms with Gasteiger partial charge in [-0.05, 0) is 18.4 Å². The van der Waals surface area contributed by atoms with Crippen LogP contribution in [0.3, 0.4) is 0 Å². The first kappa shape index (κ1) is 12.5. The largest absolute Gasteiger partial charge is 0.353 e. The van der Waals surface area contributed by atoms with E-state index in [1.54, 1.807) is 22.7 Å². The highest BCUT2D eigenvalue weighted by Crippen LogP contribution is 2.30. The Morgan fingerprint density at radius 2 is 2.06 bits per heavy atom. The van der Waals surface area contributed by atoms with Crippen molar-refractivity contribution < 1.29 is 0 Å². The summed E-state index contributed by atoms with van der Waals surface area (Å²) in [5, 5.41) is 15.9. The predicted molar refractivity (Wildman–Crippen MR) is 75.0 cm³/mol. The molecule has 0 bridgehead atoms. The molecule has 0 saturated carbocycles. The molecular weight excluding hydrogens is 250 g/mol. The summed E-state index contributed by atoms with van der Waals surface area (Å²) in [5.41, 5.74) is 0.0732. The van der Waals surface area contributed by atoms with E-state index in [-0.39, 0.29) is 11.5 Å². The monoisotopic (exact) mass is 267 g/mol. The summed E-state index contributed by atoms with van der Waals surface area (Å²) in [4.78, 5) is 1.32. The van der Waals surface area contributed by atoms with E-state index < -0.39 is 0 Å². The van der Waals surface area contributed by atoms with Crippen LogP contribution >= 0.6 is 22.7 Å². The molecule has 2 aromatic rings. The van der Waals surface area contributed by atoms with Gasteiger partial charge in [0.25, 0.3) is 0 Å². The first-order valence-electron chi connectivity index (χ1n) is 5.61. The molecule has 1 N–H and O–H groups in total. The predicted octanol–water partition coefficient (Wildman–Crippen LogP) is 4.07. The molecule has 0 amide bonds. The Morgan fingerprint density at radius 1 is 1.29 bits per heavy atom. The van der Waals surface area contributed by atoms with Crippen LogP contribution in [0.4, 0.5) is 5.13 Å². The van der Waals surface area contributed by atoms with Gasteiger partial charge >= 0.3 is 0 Å². The summed E-state index contributed by atoms with van der Waals surface area (Å²) >= 11 is 3.39. The number of thiophene rings is 1. The smallest absolute Gasteiger partial charge is 0.206 e. The van der Waals surface area contributed by atoms with Gasteiger partial charge in [-0.1, -0.05) is 38.2 Å². The van der Waals surface area contributed by atoms with Crippen molar-refractivity contribution in [2.45, 2.75) is 39.2 Å². The summed E-state index contributed by atoms with van der Waals surface area (Å²) < 4.78 is 0. The van der Waals surface area contributed by atoms with E-state index in [1.807, 2.05) is 0 Å². The first-order chi connectivity index (χ1) is 7.97. The maximum absolute atomic E-state index is 4.23. The fourth-order valence-corrected chi connectivity index (χ4v) is 3.00. The Bertz CT molecular complexity index is 468. The van der Waals surface area contributed by atoms with Crippen molar-refractivity contribution >= 4 is 27.8 Å². The van der Waals surface area contributed by atoms with Gasteiger partial charge < -0.3 is 5.32 Å². The number of hydrogen-bond acceptors (Lipinski definition) is 5. The number of hydrogen-bond donors (Lipinski definition) is 1. The molecule has 0 saturated heterocycles. The molecule has 17 heavy (non-hydrogen) atoms. The molecule has 3 nitrogen and oxygen atoms in total. The molecule has 2 rings (SSSR count). The zero-order chi connectivity index (χ0) is 12.5. The molecule has 92 valence electrons. The Balaban J connectivity index is 2.07. The maximum atomic E-state index is 4.23. The van der Waals surface area contributed by atoms with E-state index in [4.69, 9.17) is 0 Å². The summed E-state index contributed by atoms with van der Waals surface area (Å²) in [6.07, 6.45) is 0. The van der Waals surface area contributed by atoms with Gasteiger partial charge in [-0.2, -0.15) is 0 Å². The van der Waals surface area contributed by atoms with Gasteiger partial charge in [-0.15, -0.1) is 21.5 Å². The minimum absolute atomic E-state index is 0.0732. The van der Waals surface area contributed by atoms with E-state index >= 15 is 0 Å². The molecule has 2 aromatic heterocycles. The van der Waals surface area contributed by atoms with Crippen LogP contribution in [0.25, 0.3) is 0 Å². The van der Waals surface area contributed by atoms with E-state index in [0.29, 0.717) is 0 Å². The van der Waals surface area contributed by atoms with Crippen molar-refractivity contribution in [1.29, 1.82) is 0 Å². The number of nitrogens with zero attached hydrogens (tertiary/aromatic N) is 2. The first-order valence-corrected chi connectivity index (χ1v) is 7.30. The van der Waals surface area contributed by atoms with Crippen LogP contribution < -0.4 is 5.32 Å². The standard InChI is InChI=1S/C12H17N3S2/c1-8(9-6-5-7-16-9)13-11-15-14-10(17-11)12(2,3)4/h5-8H,1-4H3,(H,13,15). The fraction of sp³-hybridized carbons (Fsp3) is 0.500. The highest BCUT2D eigenvalue weighted by atomic mass is 32.1. The third kappa shape index (κ3) is 3.04. The van der Waals surface area contributed by atoms with Gasteiger partial charge in [0, 0.05) is 10.3 Å². The van der Waals surface area contributed by atoms with Crippen LogP contribution in [0, 0.1) is 0 Å². The number of anilines is 1. The molecule has 5 heteroatoms. The lowest BCUT2D eigenvalue weighted by Crippen LogP contribution is -2.10. The molecule has 1 unspecified atom stereocenters. The topological polar surface area (TPSA) is 37.8 Å². The number of aromatic nitrogens is 2. The number of nitrogens with one attached hydrogen (secondary N) is 1. The minimum Gasteiger partial charge on any atom is -0.353 e. The van der Waals surface area contributed by atoms with Crippen molar-refractivity contribution in [3.05, 3.63) is 27.4 Å². The lowest BCUT2D eigenvalue weighted by Gasteiger charge is -2.13. The molecule has 0 aliphatic rings. The molecule has 1 atom stereocenters. The SMILES string of the molecule is CC(Nc1nnc(C(C)(C)C)s1)c1cccs1. The molecule has 0 aliphatic heterocycles. The van der Waals surface area contributed by atoms with E-state index in [0.717, 1.165) is 10.1 Å². The third-order valence-electron chi connectivity index (χ3n) is 2.38. The molecule has 0 radical (unpaired) electrons. The number of rotatable bonds is 3. The molecular formula is C12H17N3S2. The van der Waals surface area contributed by atoms with Crippen molar-refractivity contribution in [3.8, 4) is 0 Å². The second-order valence-corrected chi connectivity index (χ2v) is 7.00. The van der Waals surface area contributed by atoms with Crippen molar-refractivity contribution in [2.24, 2.45) is 0 Å². The second kappa shape index (κ2) is 4.74. The van der Waals surface area contributed by atoms with Crippen LogP contribution in [0.2, 0.25) is 0 Å². The average Bonchev–Trinajstić information content (AvgIpc) is 2.85. The van der Waals surface area contributed by atoms with Gasteiger partial charge in [0.05, 0.1) is 6.04 Å². The zero-order valence-electron chi connectivity index (χ0n) is 10.5. The van der Waals surface area contributed by atoms with E-state index in [2.05, 4.69) is 60.7 Å². The zero-order valence-corrected chi connectivity index (χ0v) is 12.2.